The van der Waals surface area contributed by atoms with Crippen LogP contribution in [0.4, 0.5) is 0 Å². The molecule has 0 heterocycles. The minimum absolute atomic E-state index is 0.159. The number of hydrogen-bond donors (Lipinski definition) is 0. The summed E-state index contributed by atoms with van der Waals surface area (Å²) >= 11 is 0. The maximum absolute atomic E-state index is 6.81. The van der Waals surface area contributed by atoms with Gasteiger partial charge >= 0.3 is 8.56 Å². The van der Waals surface area contributed by atoms with Gasteiger partial charge in [0.15, 0.2) is 0 Å². The standard InChI is InChI=1S/C50H99NO3S2Si/c1-8-12-15-18-21-23-24-25-26-27-28-29-30-33-38-43-50(54-57(6,7)53-46-40-35-34-39-45-51(5)44-11-4)52-48-49(42-37-32-20-17-14-10-3)56-55-47-41-36-31-22-19-16-13-9-2/h4,25-26,49-50H,8-10,12-24,27-48H2,1-3,5-7H3/b26-25-. The molecule has 7 heteroatoms. The first-order valence-corrected chi connectivity index (χ1v) is 30.1. The van der Waals surface area contributed by atoms with Gasteiger partial charge in [-0.1, -0.05) is 208 Å². The third-order valence-electron chi connectivity index (χ3n) is 11.0. The van der Waals surface area contributed by atoms with Crippen LogP contribution in [-0.2, 0) is 13.6 Å². The van der Waals surface area contributed by atoms with Gasteiger partial charge in [-0.05, 0) is 90.9 Å². The fourth-order valence-corrected chi connectivity index (χ4v) is 11.5. The van der Waals surface area contributed by atoms with Gasteiger partial charge in [-0.15, -0.1) is 6.42 Å². The van der Waals surface area contributed by atoms with Crippen LogP contribution in [0.1, 0.15) is 233 Å². The van der Waals surface area contributed by atoms with Crippen LogP contribution in [0.3, 0.4) is 0 Å². The Labute approximate surface area is 367 Å². The lowest BCUT2D eigenvalue weighted by Crippen LogP contribution is -2.41. The number of rotatable bonds is 47. The molecule has 0 aromatic heterocycles. The van der Waals surface area contributed by atoms with Gasteiger partial charge in [-0.3, -0.25) is 4.90 Å². The zero-order valence-corrected chi connectivity index (χ0v) is 41.9. The van der Waals surface area contributed by atoms with Crippen LogP contribution >= 0.6 is 21.6 Å². The monoisotopic (exact) mass is 854 g/mol. The summed E-state index contributed by atoms with van der Waals surface area (Å²) in [7, 11) is 3.98. The summed E-state index contributed by atoms with van der Waals surface area (Å²) in [6.45, 7) is 14.7. The van der Waals surface area contributed by atoms with Crippen molar-refractivity contribution in [2.24, 2.45) is 0 Å². The van der Waals surface area contributed by atoms with E-state index in [1.807, 2.05) is 0 Å². The van der Waals surface area contributed by atoms with E-state index in [0.29, 0.717) is 5.25 Å². The zero-order chi connectivity index (χ0) is 41.8. The molecule has 57 heavy (non-hydrogen) atoms. The van der Waals surface area contributed by atoms with Crippen molar-refractivity contribution in [1.82, 2.24) is 4.90 Å². The van der Waals surface area contributed by atoms with E-state index in [1.165, 1.54) is 205 Å². The van der Waals surface area contributed by atoms with Crippen molar-refractivity contribution in [2.45, 2.75) is 257 Å². The molecule has 0 spiro atoms. The second-order valence-corrected chi connectivity index (χ2v) is 23.5. The first-order valence-electron chi connectivity index (χ1n) is 24.9. The molecule has 2 unspecified atom stereocenters. The lowest BCUT2D eigenvalue weighted by atomic mass is 10.1. The molecule has 0 saturated carbocycles. The average Bonchev–Trinajstić information content (AvgIpc) is 3.19. The van der Waals surface area contributed by atoms with Crippen LogP contribution in [-0.4, -0.2) is 64.1 Å². The Kier molecular flexibility index (Phi) is 45.6. The van der Waals surface area contributed by atoms with Gasteiger partial charge in [0.25, 0.3) is 0 Å². The maximum Gasteiger partial charge on any atom is 0.333 e. The molecule has 0 aromatic carbocycles. The molecule has 0 saturated heterocycles. The smallest absolute Gasteiger partial charge is 0.333 e. The van der Waals surface area contributed by atoms with E-state index < -0.39 is 8.56 Å². The maximum atomic E-state index is 6.81. The van der Waals surface area contributed by atoms with E-state index >= 15 is 0 Å². The van der Waals surface area contributed by atoms with Crippen molar-refractivity contribution in [3.8, 4) is 12.3 Å². The predicted molar refractivity (Wildman–Crippen MR) is 263 cm³/mol. The van der Waals surface area contributed by atoms with Crippen molar-refractivity contribution in [3.05, 3.63) is 12.2 Å². The number of nitrogens with zero attached hydrogens (tertiary/aromatic N) is 1. The Bertz CT molecular complexity index is 869. The van der Waals surface area contributed by atoms with Crippen molar-refractivity contribution in [2.75, 3.05) is 39.1 Å². The number of hydrogen-bond acceptors (Lipinski definition) is 6. The number of unbranched alkanes of at least 4 members (excludes halogenated alkanes) is 26. The molecule has 338 valence electrons. The van der Waals surface area contributed by atoms with Crippen LogP contribution in [0.25, 0.3) is 0 Å². The van der Waals surface area contributed by atoms with Gasteiger partial charge in [0.2, 0.25) is 0 Å². The molecule has 0 bridgehead atoms. The molecule has 0 aliphatic rings. The molecule has 0 amide bonds. The van der Waals surface area contributed by atoms with Gasteiger partial charge in [0.05, 0.1) is 13.2 Å². The molecule has 0 radical (unpaired) electrons. The molecule has 4 nitrogen and oxygen atoms in total. The highest BCUT2D eigenvalue weighted by molar-refractivity contribution is 8.76. The normalized spacial score (nSPS) is 13.2. The summed E-state index contributed by atoms with van der Waals surface area (Å²) in [6, 6.07) is 0. The van der Waals surface area contributed by atoms with Crippen molar-refractivity contribution in [3.63, 3.8) is 0 Å². The summed E-state index contributed by atoms with van der Waals surface area (Å²) in [5, 5.41) is 0.529. The molecule has 0 N–H and O–H groups in total. The van der Waals surface area contributed by atoms with Gasteiger partial charge < -0.3 is 13.6 Å². The Morgan fingerprint density at radius 2 is 1.07 bits per heavy atom. The minimum Gasteiger partial charge on any atom is -0.394 e. The summed E-state index contributed by atoms with van der Waals surface area (Å²) < 4.78 is 20.1. The van der Waals surface area contributed by atoms with Crippen LogP contribution in [0.5, 0.6) is 0 Å². The van der Waals surface area contributed by atoms with E-state index in [-0.39, 0.29) is 6.29 Å². The van der Waals surface area contributed by atoms with E-state index in [9.17, 15) is 0 Å². The third kappa shape index (κ3) is 43.9. The molecule has 0 aliphatic heterocycles. The third-order valence-corrected chi connectivity index (χ3v) is 15.7. The largest absolute Gasteiger partial charge is 0.394 e. The van der Waals surface area contributed by atoms with Gasteiger partial charge in [0.1, 0.15) is 6.29 Å². The fourth-order valence-electron chi connectivity index (χ4n) is 7.26. The molecule has 0 rings (SSSR count). The second kappa shape index (κ2) is 45.6. The highest BCUT2D eigenvalue weighted by Crippen LogP contribution is 2.32. The van der Waals surface area contributed by atoms with E-state index in [2.05, 4.69) is 85.5 Å². The molecule has 0 fully saturated rings. The number of allylic oxidation sites excluding steroid dienone is 2. The summed E-state index contributed by atoms with van der Waals surface area (Å²) in [5.74, 6) is 4.00. The average molecular weight is 855 g/mol. The second-order valence-electron chi connectivity index (χ2n) is 17.4. The molecule has 0 aromatic rings. The molecular weight excluding hydrogens is 755 g/mol. The highest BCUT2D eigenvalue weighted by atomic mass is 33.1. The Hall–Kier alpha value is 0.0569. The van der Waals surface area contributed by atoms with Crippen molar-refractivity contribution >= 4 is 30.1 Å². The van der Waals surface area contributed by atoms with Crippen LogP contribution < -0.4 is 0 Å². The van der Waals surface area contributed by atoms with Crippen molar-refractivity contribution in [1.29, 1.82) is 0 Å². The molecule has 2 atom stereocenters. The summed E-state index contributed by atoms with van der Waals surface area (Å²) in [6.07, 6.45) is 53.5. The number of terminal acetylenes is 1. The first kappa shape index (κ1) is 57.1. The SMILES string of the molecule is C#CCN(C)CCCCCCO[Si](C)(C)OC(CCCCCCC/C=C\CCCCCCCC)OCC(CCCCCCCC)SSCCCCCCCCCC. The lowest BCUT2D eigenvalue weighted by Gasteiger charge is -2.30. The number of ether oxygens (including phenoxy) is 1. The molecular formula is C50H99NO3S2Si. The fraction of sp³-hybridized carbons (Fsp3) is 0.920. The topological polar surface area (TPSA) is 30.9 Å². The Morgan fingerprint density at radius 1 is 0.596 bits per heavy atom. The van der Waals surface area contributed by atoms with E-state index in [1.54, 1.807) is 0 Å². The van der Waals surface area contributed by atoms with Crippen LogP contribution in [0.15, 0.2) is 12.2 Å². The summed E-state index contributed by atoms with van der Waals surface area (Å²) in [4.78, 5) is 2.23. The van der Waals surface area contributed by atoms with Gasteiger partial charge in [-0.25, -0.2) is 0 Å². The predicted octanol–water partition coefficient (Wildman–Crippen LogP) is 16.9. The first-order chi connectivity index (χ1) is 27.9. The van der Waals surface area contributed by atoms with Gasteiger partial charge in [0, 0.05) is 17.6 Å². The quantitative estimate of drug-likeness (QED) is 0.0151. The van der Waals surface area contributed by atoms with Crippen molar-refractivity contribution < 1.29 is 13.6 Å². The Balaban J connectivity index is 4.93. The van der Waals surface area contributed by atoms with E-state index in [0.717, 1.165) is 39.1 Å². The molecule has 0 aliphatic carbocycles. The summed E-state index contributed by atoms with van der Waals surface area (Å²) in [5.41, 5.74) is 0. The van der Waals surface area contributed by atoms with Crippen LogP contribution in [0.2, 0.25) is 13.1 Å². The Morgan fingerprint density at radius 3 is 1.63 bits per heavy atom. The van der Waals surface area contributed by atoms with Gasteiger partial charge in [-0.2, -0.15) is 0 Å². The zero-order valence-electron chi connectivity index (χ0n) is 39.2. The lowest BCUT2D eigenvalue weighted by molar-refractivity contribution is -0.103. The minimum atomic E-state index is -2.32. The van der Waals surface area contributed by atoms with Crippen LogP contribution in [0, 0.1) is 12.3 Å². The highest BCUT2D eigenvalue weighted by Gasteiger charge is 2.29. The van der Waals surface area contributed by atoms with E-state index in [4.69, 9.17) is 20.0 Å².